The number of halogens is 6. The summed E-state index contributed by atoms with van der Waals surface area (Å²) in [5.74, 6) is 0.397. The molecule has 9 heteroatoms. The van der Waals surface area contributed by atoms with E-state index in [2.05, 4.69) is 12.1 Å². The minimum Gasteiger partial charge on any atom is -0.308 e. The number of para-hydroxylation sites is 1. The number of aromatic nitrogens is 3. The van der Waals surface area contributed by atoms with Crippen molar-refractivity contribution in [2.45, 2.75) is 19.3 Å². The van der Waals surface area contributed by atoms with E-state index in [1.165, 1.54) is 12.1 Å². The van der Waals surface area contributed by atoms with Crippen LogP contribution < -0.4 is 0 Å². The molecule has 0 aliphatic rings. The summed E-state index contributed by atoms with van der Waals surface area (Å²) < 4.78 is 89.6. The monoisotopic (exact) mass is 851 g/mol. The number of rotatable bonds is 7. The van der Waals surface area contributed by atoms with Crippen molar-refractivity contribution in [3.05, 3.63) is 211 Å². The molecule has 3 nitrogen and oxygen atoms in total. The lowest BCUT2D eigenvalue weighted by Crippen LogP contribution is -2.07. The second-order valence-corrected chi connectivity index (χ2v) is 15.7. The van der Waals surface area contributed by atoms with Crippen molar-refractivity contribution in [2.24, 2.45) is 0 Å². The third-order valence-electron chi connectivity index (χ3n) is 11.5. The summed E-state index contributed by atoms with van der Waals surface area (Å²) in [5, 5.41) is 1.72. The Morgan fingerprint density at radius 3 is 1.48 bits per heavy atom. The predicted molar refractivity (Wildman–Crippen MR) is 244 cm³/mol. The van der Waals surface area contributed by atoms with E-state index < -0.39 is 23.5 Å². The van der Waals surface area contributed by atoms with Gasteiger partial charge in [0.15, 0.2) is 5.82 Å². The summed E-state index contributed by atoms with van der Waals surface area (Å²) in [6.07, 6.45) is -9.36. The van der Waals surface area contributed by atoms with Crippen molar-refractivity contribution in [2.75, 3.05) is 0 Å². The summed E-state index contributed by atoms with van der Waals surface area (Å²) in [4.78, 5) is 9.97. The van der Waals surface area contributed by atoms with Crippen molar-refractivity contribution >= 4 is 21.8 Å². The third-order valence-corrected chi connectivity index (χ3v) is 11.5. The molecule has 0 radical (unpaired) electrons. The molecular formula is C55H35F6N3. The van der Waals surface area contributed by atoms with Gasteiger partial charge >= 0.3 is 12.4 Å². The van der Waals surface area contributed by atoms with Gasteiger partial charge in [-0.25, -0.2) is 9.97 Å². The Balaban J connectivity index is 1.34. The van der Waals surface area contributed by atoms with E-state index in [4.69, 9.17) is 9.97 Å². The van der Waals surface area contributed by atoms with Crippen molar-refractivity contribution < 1.29 is 26.3 Å². The van der Waals surface area contributed by atoms with Gasteiger partial charge in [-0.3, -0.25) is 0 Å². The number of nitrogens with zero attached hydrogens (tertiary/aromatic N) is 3. The van der Waals surface area contributed by atoms with Crippen LogP contribution in [0.5, 0.6) is 0 Å². The molecule has 10 aromatic rings. The minimum absolute atomic E-state index is 0.211. The van der Waals surface area contributed by atoms with E-state index in [0.717, 1.165) is 62.9 Å². The van der Waals surface area contributed by atoms with Gasteiger partial charge in [-0.15, -0.1) is 0 Å². The summed E-state index contributed by atoms with van der Waals surface area (Å²) in [5.41, 5.74) is 7.26. The lowest BCUT2D eigenvalue weighted by atomic mass is 9.90. The molecule has 8 aromatic carbocycles. The van der Waals surface area contributed by atoms with Crippen molar-refractivity contribution in [1.82, 2.24) is 14.5 Å². The van der Waals surface area contributed by atoms with E-state index in [0.29, 0.717) is 50.6 Å². The smallest absolute Gasteiger partial charge is 0.308 e. The molecule has 0 N–H and O–H groups in total. The lowest BCUT2D eigenvalue weighted by molar-refractivity contribution is -0.138. The molecule has 0 saturated carbocycles. The molecule has 0 bridgehead atoms. The Hall–Kier alpha value is -7.78. The fourth-order valence-corrected chi connectivity index (χ4v) is 8.48. The van der Waals surface area contributed by atoms with Crippen LogP contribution in [0.25, 0.3) is 94.8 Å². The predicted octanol–water partition coefficient (Wildman–Crippen LogP) is 15.9. The largest absolute Gasteiger partial charge is 0.416 e. The first-order valence-corrected chi connectivity index (χ1v) is 20.5. The Bertz CT molecular complexity index is 3230. The summed E-state index contributed by atoms with van der Waals surface area (Å²) in [7, 11) is 0. The molecule has 312 valence electrons. The zero-order chi connectivity index (χ0) is 44.2. The van der Waals surface area contributed by atoms with E-state index >= 15 is 0 Å². The Labute approximate surface area is 364 Å². The number of hydrogen-bond acceptors (Lipinski definition) is 2. The summed E-state index contributed by atoms with van der Waals surface area (Å²) in [6.45, 7) is 2.02. The van der Waals surface area contributed by atoms with Gasteiger partial charge in [0.05, 0.1) is 39.2 Å². The Kier molecular flexibility index (Phi) is 9.98. The zero-order valence-electron chi connectivity index (χ0n) is 34.1. The van der Waals surface area contributed by atoms with Gasteiger partial charge < -0.3 is 4.57 Å². The molecule has 64 heavy (non-hydrogen) atoms. The Morgan fingerprint density at radius 2 is 0.875 bits per heavy atom. The molecule has 0 spiro atoms. The maximum atomic E-state index is 14.6. The van der Waals surface area contributed by atoms with Crippen LogP contribution in [0.1, 0.15) is 16.7 Å². The van der Waals surface area contributed by atoms with Crippen LogP contribution in [0, 0.1) is 6.92 Å². The molecule has 0 unspecified atom stereocenters. The topological polar surface area (TPSA) is 30.7 Å². The fourth-order valence-electron chi connectivity index (χ4n) is 8.48. The molecule has 0 amide bonds. The second kappa shape index (κ2) is 15.8. The van der Waals surface area contributed by atoms with Crippen LogP contribution in [-0.4, -0.2) is 14.5 Å². The standard InChI is InChI=1S/C55H35F6N3/c1-34-13-10-18-37(27-34)38-25-26-51-47(30-38)44-23-8-9-24-50(44)64(51)52-45(39-19-11-21-42(28-39)54(56,57)58)31-41(32-46(52)40-20-12-22-43(29-40)55(59,60)61)49-33-48(35-14-4-2-5-15-35)62-53(63-49)36-16-6-3-7-17-36/h2-33H,1H3. The van der Waals surface area contributed by atoms with E-state index in [9.17, 15) is 26.3 Å². The van der Waals surface area contributed by atoms with Gasteiger partial charge in [-0.2, -0.15) is 26.3 Å². The number of alkyl halides is 6. The van der Waals surface area contributed by atoms with Crippen molar-refractivity contribution in [1.29, 1.82) is 0 Å². The number of benzene rings is 8. The first-order valence-electron chi connectivity index (χ1n) is 20.5. The van der Waals surface area contributed by atoms with Gasteiger partial charge in [0, 0.05) is 38.6 Å². The number of aryl methyl sites for hydroxylation is 1. The van der Waals surface area contributed by atoms with E-state index in [1.807, 2.05) is 127 Å². The van der Waals surface area contributed by atoms with E-state index in [-0.39, 0.29) is 11.1 Å². The van der Waals surface area contributed by atoms with Crippen LogP contribution in [-0.2, 0) is 12.4 Å². The molecule has 0 saturated heterocycles. The maximum absolute atomic E-state index is 14.6. The highest BCUT2D eigenvalue weighted by Crippen LogP contribution is 2.46. The lowest BCUT2D eigenvalue weighted by Gasteiger charge is -2.22. The fraction of sp³-hybridized carbons (Fsp3) is 0.0545. The average molecular weight is 852 g/mol. The van der Waals surface area contributed by atoms with Gasteiger partial charge in [0.2, 0.25) is 0 Å². The SMILES string of the molecule is Cc1cccc(-c2ccc3c(c2)c2ccccc2n3-c2c(-c3cccc(C(F)(F)F)c3)cc(-c3cc(-c4ccccc4)nc(-c4ccccc4)n3)cc2-c2cccc(C(F)(F)F)c2)c1. The van der Waals surface area contributed by atoms with Crippen LogP contribution >= 0.6 is 0 Å². The summed E-state index contributed by atoms with van der Waals surface area (Å²) in [6, 6.07) is 56.2. The van der Waals surface area contributed by atoms with Crippen LogP contribution in [0.15, 0.2) is 194 Å². The maximum Gasteiger partial charge on any atom is 0.416 e. The number of hydrogen-bond donors (Lipinski definition) is 0. The number of fused-ring (bicyclic) bond motifs is 3. The highest BCUT2D eigenvalue weighted by Gasteiger charge is 2.33. The second-order valence-electron chi connectivity index (χ2n) is 15.7. The normalized spacial score (nSPS) is 12.0. The van der Waals surface area contributed by atoms with Gasteiger partial charge in [-0.1, -0.05) is 139 Å². The molecule has 0 aliphatic heterocycles. The molecule has 10 rings (SSSR count). The molecule has 0 fully saturated rings. The van der Waals surface area contributed by atoms with Gasteiger partial charge in [0.1, 0.15) is 0 Å². The molecule has 0 atom stereocenters. The van der Waals surface area contributed by atoms with Crippen LogP contribution in [0.3, 0.4) is 0 Å². The molecular weight excluding hydrogens is 817 g/mol. The van der Waals surface area contributed by atoms with Crippen molar-refractivity contribution in [3.8, 4) is 73.0 Å². The summed E-state index contributed by atoms with van der Waals surface area (Å²) >= 11 is 0. The van der Waals surface area contributed by atoms with Gasteiger partial charge in [-0.05, 0) is 89.8 Å². The molecule has 2 aromatic heterocycles. The highest BCUT2D eigenvalue weighted by atomic mass is 19.4. The molecule has 2 heterocycles. The van der Waals surface area contributed by atoms with Crippen LogP contribution in [0.4, 0.5) is 26.3 Å². The first kappa shape index (κ1) is 40.3. The van der Waals surface area contributed by atoms with Gasteiger partial charge in [0.25, 0.3) is 0 Å². The highest BCUT2D eigenvalue weighted by molar-refractivity contribution is 6.12. The average Bonchev–Trinajstić information content (AvgIpc) is 3.64. The van der Waals surface area contributed by atoms with E-state index in [1.54, 1.807) is 30.3 Å². The minimum atomic E-state index is -4.68. The Morgan fingerprint density at radius 1 is 0.375 bits per heavy atom. The quantitative estimate of drug-likeness (QED) is 0.150. The first-order chi connectivity index (χ1) is 30.9. The molecule has 0 aliphatic carbocycles. The van der Waals surface area contributed by atoms with Crippen LogP contribution in [0.2, 0.25) is 0 Å². The zero-order valence-corrected chi connectivity index (χ0v) is 34.1. The third kappa shape index (κ3) is 7.59. The van der Waals surface area contributed by atoms with Crippen molar-refractivity contribution in [3.63, 3.8) is 0 Å².